The molecular weight excluding hydrogens is 340 g/mol. The van der Waals surface area contributed by atoms with E-state index in [1.165, 1.54) is 6.42 Å². The number of hydrogen-bond donors (Lipinski definition) is 0. The first kappa shape index (κ1) is 18.4. The summed E-state index contributed by atoms with van der Waals surface area (Å²) in [7, 11) is 0. The molecule has 27 heavy (non-hydrogen) atoms. The lowest BCUT2D eigenvalue weighted by Crippen LogP contribution is -2.37. The van der Waals surface area contributed by atoms with E-state index in [0.29, 0.717) is 12.3 Å². The van der Waals surface area contributed by atoms with Gasteiger partial charge in [0.1, 0.15) is 5.82 Å². The Hall–Kier alpha value is -1.98. The topological polar surface area (TPSA) is 66.4 Å². The number of aryl methyl sites for hydroxylation is 2. The summed E-state index contributed by atoms with van der Waals surface area (Å²) < 4.78 is 0. The van der Waals surface area contributed by atoms with E-state index in [2.05, 4.69) is 0 Å². The fourth-order valence-electron chi connectivity index (χ4n) is 4.52. The average Bonchev–Trinajstić information content (AvgIpc) is 3.27. The highest BCUT2D eigenvalue weighted by atomic mass is 16.2. The Kier molecular flexibility index (Phi) is 5.15. The molecule has 0 radical (unpaired) electrons. The summed E-state index contributed by atoms with van der Waals surface area (Å²) in [6.45, 7) is 7.27. The van der Waals surface area contributed by atoms with Gasteiger partial charge in [0, 0.05) is 55.0 Å². The average molecular weight is 370 g/mol. The van der Waals surface area contributed by atoms with Crippen LogP contribution in [0.4, 0.5) is 0 Å². The van der Waals surface area contributed by atoms with Crippen molar-refractivity contribution in [3.05, 3.63) is 22.8 Å². The molecule has 3 heterocycles. The second kappa shape index (κ2) is 7.56. The molecule has 6 heteroatoms. The molecule has 4 rings (SSSR count). The van der Waals surface area contributed by atoms with Gasteiger partial charge in [0.05, 0.1) is 6.42 Å². The van der Waals surface area contributed by atoms with Crippen molar-refractivity contribution in [3.63, 3.8) is 0 Å². The van der Waals surface area contributed by atoms with Crippen LogP contribution in [0.3, 0.4) is 0 Å². The van der Waals surface area contributed by atoms with Crippen molar-refractivity contribution in [2.24, 2.45) is 5.92 Å². The Labute approximate surface area is 161 Å². The van der Waals surface area contributed by atoms with Gasteiger partial charge in [-0.25, -0.2) is 9.97 Å². The molecule has 1 aromatic heterocycles. The van der Waals surface area contributed by atoms with Gasteiger partial charge in [0.25, 0.3) is 0 Å². The summed E-state index contributed by atoms with van der Waals surface area (Å²) in [5.41, 5.74) is 2.79. The van der Waals surface area contributed by atoms with E-state index in [-0.39, 0.29) is 17.7 Å². The second-order valence-electron chi connectivity index (χ2n) is 8.39. The van der Waals surface area contributed by atoms with Gasteiger partial charge in [-0.2, -0.15) is 0 Å². The van der Waals surface area contributed by atoms with Gasteiger partial charge in [-0.15, -0.1) is 0 Å². The van der Waals surface area contributed by atoms with Crippen molar-refractivity contribution in [3.8, 4) is 0 Å². The van der Waals surface area contributed by atoms with Crippen molar-refractivity contribution in [1.29, 1.82) is 0 Å². The maximum atomic E-state index is 12.5. The maximum absolute atomic E-state index is 12.5. The van der Waals surface area contributed by atoms with Crippen LogP contribution in [0.2, 0.25) is 0 Å². The smallest absolute Gasteiger partial charge is 0.227 e. The van der Waals surface area contributed by atoms with E-state index >= 15 is 0 Å². The fraction of sp³-hybridized carbons (Fsp3) is 0.714. The third-order valence-electron chi connectivity index (χ3n) is 6.54. The lowest BCUT2D eigenvalue weighted by Gasteiger charge is -2.29. The van der Waals surface area contributed by atoms with E-state index < -0.39 is 0 Å². The van der Waals surface area contributed by atoms with Crippen LogP contribution in [0.15, 0.2) is 0 Å². The highest BCUT2D eigenvalue weighted by molar-refractivity contribution is 5.80. The largest absolute Gasteiger partial charge is 0.342 e. The van der Waals surface area contributed by atoms with Crippen LogP contribution in [-0.4, -0.2) is 57.8 Å². The minimum atomic E-state index is 0.188. The Morgan fingerprint density at radius 2 is 1.59 bits per heavy atom. The molecule has 2 aliphatic heterocycles. The van der Waals surface area contributed by atoms with E-state index in [4.69, 9.17) is 9.97 Å². The van der Waals surface area contributed by atoms with Crippen molar-refractivity contribution in [2.45, 2.75) is 64.7 Å². The molecular formula is C21H30N4O2. The summed E-state index contributed by atoms with van der Waals surface area (Å²) in [6, 6.07) is 0. The van der Waals surface area contributed by atoms with Gasteiger partial charge >= 0.3 is 0 Å². The Bertz CT molecular complexity index is 715. The van der Waals surface area contributed by atoms with E-state index in [0.717, 1.165) is 81.1 Å². The molecule has 0 N–H and O–H groups in total. The van der Waals surface area contributed by atoms with Gasteiger partial charge in [-0.05, 0) is 46.0 Å². The minimum Gasteiger partial charge on any atom is -0.342 e. The van der Waals surface area contributed by atoms with Crippen LogP contribution in [0.1, 0.15) is 67.2 Å². The van der Waals surface area contributed by atoms with Gasteiger partial charge in [-0.3, -0.25) is 9.59 Å². The van der Waals surface area contributed by atoms with Gasteiger partial charge in [0.2, 0.25) is 11.8 Å². The zero-order valence-electron chi connectivity index (χ0n) is 16.5. The van der Waals surface area contributed by atoms with Crippen LogP contribution < -0.4 is 0 Å². The Balaban J connectivity index is 1.43. The number of hydrogen-bond acceptors (Lipinski definition) is 4. The first-order valence-corrected chi connectivity index (χ1v) is 10.4. The van der Waals surface area contributed by atoms with Gasteiger partial charge in [0.15, 0.2) is 0 Å². The monoisotopic (exact) mass is 370 g/mol. The molecule has 3 fully saturated rings. The number of rotatable bonds is 4. The zero-order valence-corrected chi connectivity index (χ0v) is 16.5. The summed E-state index contributed by atoms with van der Waals surface area (Å²) in [5, 5.41) is 0. The first-order chi connectivity index (χ1) is 13.0. The normalized spacial score (nSPS) is 23.0. The summed E-state index contributed by atoms with van der Waals surface area (Å²) >= 11 is 0. The Morgan fingerprint density at radius 3 is 2.19 bits per heavy atom. The fourth-order valence-corrected chi connectivity index (χ4v) is 4.52. The number of carbonyl (C=O) groups excluding carboxylic acids is 2. The third kappa shape index (κ3) is 3.71. The number of carbonyl (C=O) groups is 2. The van der Waals surface area contributed by atoms with Gasteiger partial charge in [-0.1, -0.05) is 6.42 Å². The van der Waals surface area contributed by atoms with Crippen molar-refractivity contribution >= 4 is 11.8 Å². The number of amides is 2. The summed E-state index contributed by atoms with van der Waals surface area (Å²) in [4.78, 5) is 38.4. The van der Waals surface area contributed by atoms with E-state index in [1.807, 2.05) is 23.6 Å². The quantitative estimate of drug-likeness (QED) is 0.816. The lowest BCUT2D eigenvalue weighted by atomic mass is 9.84. The van der Waals surface area contributed by atoms with E-state index in [1.54, 1.807) is 0 Å². The number of nitrogens with zero attached hydrogens (tertiary/aromatic N) is 4. The highest BCUT2D eigenvalue weighted by Crippen LogP contribution is 2.32. The second-order valence-corrected chi connectivity index (χ2v) is 8.39. The van der Waals surface area contributed by atoms with Crippen molar-refractivity contribution < 1.29 is 9.59 Å². The predicted octanol–water partition coefficient (Wildman–Crippen LogP) is 2.37. The summed E-state index contributed by atoms with van der Waals surface area (Å²) in [5.74, 6) is 1.83. The predicted molar refractivity (Wildman–Crippen MR) is 102 cm³/mol. The van der Waals surface area contributed by atoms with Crippen LogP contribution in [-0.2, 0) is 16.0 Å². The maximum Gasteiger partial charge on any atom is 0.227 e. The minimum absolute atomic E-state index is 0.188. The standard InChI is InChI=1S/C21H30N4O2/c1-14-18(12-19(26)24-9-3-4-10-24)15(2)23-20(22-14)17-8-11-25(13-17)21(27)16-6-5-7-16/h16-17H,3-13H2,1-2H3. The molecule has 2 saturated heterocycles. The molecule has 1 aromatic rings. The molecule has 1 atom stereocenters. The molecule has 6 nitrogen and oxygen atoms in total. The molecule has 146 valence electrons. The van der Waals surface area contributed by atoms with Crippen LogP contribution in [0.25, 0.3) is 0 Å². The third-order valence-corrected chi connectivity index (χ3v) is 6.54. The van der Waals surface area contributed by atoms with Crippen molar-refractivity contribution in [1.82, 2.24) is 19.8 Å². The zero-order chi connectivity index (χ0) is 19.0. The molecule has 1 saturated carbocycles. The van der Waals surface area contributed by atoms with Crippen LogP contribution >= 0.6 is 0 Å². The molecule has 1 aliphatic carbocycles. The molecule has 1 unspecified atom stereocenters. The molecule has 0 bridgehead atoms. The first-order valence-electron chi connectivity index (χ1n) is 10.4. The molecule has 2 amide bonds. The molecule has 0 aromatic carbocycles. The molecule has 3 aliphatic rings. The number of aromatic nitrogens is 2. The SMILES string of the molecule is Cc1nc(C2CCN(C(=O)C3CCC3)C2)nc(C)c1CC(=O)N1CCCC1. The highest BCUT2D eigenvalue weighted by Gasteiger charge is 2.35. The number of likely N-dealkylation sites (tertiary alicyclic amines) is 2. The van der Waals surface area contributed by atoms with Crippen LogP contribution in [0.5, 0.6) is 0 Å². The Morgan fingerprint density at radius 1 is 0.926 bits per heavy atom. The molecule has 0 spiro atoms. The van der Waals surface area contributed by atoms with Crippen LogP contribution in [0, 0.1) is 19.8 Å². The van der Waals surface area contributed by atoms with E-state index in [9.17, 15) is 9.59 Å². The van der Waals surface area contributed by atoms with Gasteiger partial charge < -0.3 is 9.80 Å². The van der Waals surface area contributed by atoms with Crippen molar-refractivity contribution in [2.75, 3.05) is 26.2 Å². The summed E-state index contributed by atoms with van der Waals surface area (Å²) in [6.07, 6.45) is 6.84. The lowest BCUT2D eigenvalue weighted by molar-refractivity contribution is -0.137.